The molecule has 0 unspecified atom stereocenters. The van der Waals surface area contributed by atoms with Crippen LogP contribution in [0.4, 0.5) is 0 Å². The zero-order valence-corrected chi connectivity index (χ0v) is 18.5. The first-order valence-corrected chi connectivity index (χ1v) is 10.8. The number of rotatable bonds is 3. The highest BCUT2D eigenvalue weighted by molar-refractivity contribution is 7.13. The maximum absolute atomic E-state index is 12.7. The Hall–Kier alpha value is -3.38. The molecule has 3 heterocycles. The Bertz CT molecular complexity index is 1470. The summed E-state index contributed by atoms with van der Waals surface area (Å²) >= 11 is 1.49. The molecular weight excluding hydrogens is 410 g/mol. The molecule has 5 rings (SSSR count). The van der Waals surface area contributed by atoms with Crippen molar-refractivity contribution in [1.82, 2.24) is 4.98 Å². The van der Waals surface area contributed by atoms with Crippen molar-refractivity contribution in [3.63, 3.8) is 0 Å². The lowest BCUT2D eigenvalue weighted by atomic mass is 9.86. The van der Waals surface area contributed by atoms with E-state index in [4.69, 9.17) is 13.6 Å². The summed E-state index contributed by atoms with van der Waals surface area (Å²) in [5.74, 6) is 0.788. The van der Waals surface area contributed by atoms with Crippen LogP contribution in [0, 0.1) is 0 Å². The molecule has 3 aromatic heterocycles. The third-order valence-corrected chi connectivity index (χ3v) is 6.24. The van der Waals surface area contributed by atoms with Crippen LogP contribution in [0.5, 0.6) is 5.75 Å². The largest absolute Gasteiger partial charge is 0.497 e. The number of fused-ring (bicyclic) bond motifs is 2. The molecule has 5 aromatic rings. The smallest absolute Gasteiger partial charge is 0.345 e. The molecule has 2 aromatic carbocycles. The lowest BCUT2D eigenvalue weighted by Gasteiger charge is -2.16. The Kier molecular flexibility index (Phi) is 4.48. The SMILES string of the molecule is COc1ccc(-c2nc(-c3cc4cc5c(C(C)(C)C)coc5cc4oc3=O)cs2)cc1. The highest BCUT2D eigenvalue weighted by Crippen LogP contribution is 2.35. The van der Waals surface area contributed by atoms with Gasteiger partial charge in [-0.05, 0) is 41.8 Å². The van der Waals surface area contributed by atoms with Crippen LogP contribution in [0.25, 0.3) is 43.8 Å². The fraction of sp³-hybridized carbons (Fsp3) is 0.200. The summed E-state index contributed by atoms with van der Waals surface area (Å²) < 4.78 is 16.6. The van der Waals surface area contributed by atoms with Gasteiger partial charge in [-0.25, -0.2) is 9.78 Å². The minimum Gasteiger partial charge on any atom is -0.497 e. The van der Waals surface area contributed by atoms with Crippen molar-refractivity contribution >= 4 is 33.3 Å². The first-order chi connectivity index (χ1) is 14.8. The summed E-state index contributed by atoms with van der Waals surface area (Å²) in [5.41, 5.74) is 3.88. The van der Waals surface area contributed by atoms with E-state index in [2.05, 4.69) is 25.8 Å². The van der Waals surface area contributed by atoms with Gasteiger partial charge >= 0.3 is 5.63 Å². The number of ether oxygens (including phenoxy) is 1. The van der Waals surface area contributed by atoms with E-state index in [9.17, 15) is 4.79 Å². The summed E-state index contributed by atoms with van der Waals surface area (Å²) in [5, 5.41) is 4.58. The van der Waals surface area contributed by atoms with Crippen molar-refractivity contribution in [2.75, 3.05) is 7.11 Å². The standard InChI is InChI=1S/C25H21NO4S/c1-25(2,3)19-12-29-22-11-21-15(9-17(19)22)10-18(24(27)30-21)20-13-31-23(26-20)14-5-7-16(28-4)8-6-14/h5-13H,1-4H3. The lowest BCUT2D eigenvalue weighted by molar-refractivity contribution is 0.415. The third kappa shape index (κ3) is 3.43. The van der Waals surface area contributed by atoms with E-state index in [1.807, 2.05) is 41.8 Å². The van der Waals surface area contributed by atoms with Gasteiger partial charge in [0.2, 0.25) is 0 Å². The van der Waals surface area contributed by atoms with Gasteiger partial charge in [0.1, 0.15) is 21.9 Å². The molecule has 0 saturated heterocycles. The fourth-order valence-electron chi connectivity index (χ4n) is 3.67. The van der Waals surface area contributed by atoms with E-state index in [0.29, 0.717) is 22.4 Å². The van der Waals surface area contributed by atoms with E-state index < -0.39 is 5.63 Å². The van der Waals surface area contributed by atoms with Crippen LogP contribution < -0.4 is 10.4 Å². The third-order valence-electron chi connectivity index (χ3n) is 5.35. The first-order valence-electron chi connectivity index (χ1n) is 9.93. The zero-order valence-electron chi connectivity index (χ0n) is 17.7. The number of furan rings is 1. The molecule has 0 bridgehead atoms. The summed E-state index contributed by atoms with van der Waals surface area (Å²) in [6.07, 6.45) is 1.78. The second kappa shape index (κ2) is 7.10. The molecule has 0 spiro atoms. The van der Waals surface area contributed by atoms with Gasteiger partial charge in [0.15, 0.2) is 0 Å². The van der Waals surface area contributed by atoms with Crippen molar-refractivity contribution in [3.05, 3.63) is 70.1 Å². The minimum absolute atomic E-state index is 0.0560. The van der Waals surface area contributed by atoms with Crippen LogP contribution in [0.3, 0.4) is 0 Å². The molecule has 0 radical (unpaired) electrons. The molecule has 0 fully saturated rings. The normalized spacial score (nSPS) is 12.0. The molecule has 5 nitrogen and oxygen atoms in total. The predicted octanol–water partition coefficient (Wildman–Crippen LogP) is 6.64. The molecule has 156 valence electrons. The Balaban J connectivity index is 1.61. The van der Waals surface area contributed by atoms with E-state index in [1.165, 1.54) is 11.3 Å². The number of benzene rings is 2. The molecule has 0 amide bonds. The van der Waals surface area contributed by atoms with Crippen LogP contribution in [0.2, 0.25) is 0 Å². The van der Waals surface area contributed by atoms with Crippen LogP contribution >= 0.6 is 11.3 Å². The van der Waals surface area contributed by atoms with Crippen LogP contribution in [0.1, 0.15) is 26.3 Å². The van der Waals surface area contributed by atoms with Crippen molar-refractivity contribution in [1.29, 1.82) is 0 Å². The lowest BCUT2D eigenvalue weighted by Crippen LogP contribution is -2.09. The summed E-state index contributed by atoms with van der Waals surface area (Å²) in [7, 11) is 1.64. The highest BCUT2D eigenvalue weighted by atomic mass is 32.1. The van der Waals surface area contributed by atoms with Crippen LogP contribution in [0.15, 0.2) is 67.7 Å². The van der Waals surface area contributed by atoms with Crippen LogP contribution in [-0.4, -0.2) is 12.1 Å². The van der Waals surface area contributed by atoms with Gasteiger partial charge in [0.25, 0.3) is 0 Å². The van der Waals surface area contributed by atoms with Gasteiger partial charge in [-0.3, -0.25) is 0 Å². The number of methoxy groups -OCH3 is 1. The van der Waals surface area contributed by atoms with Crippen molar-refractivity contribution < 1.29 is 13.6 Å². The Morgan fingerprint density at radius 2 is 1.81 bits per heavy atom. The van der Waals surface area contributed by atoms with Crippen molar-refractivity contribution in [2.24, 2.45) is 0 Å². The van der Waals surface area contributed by atoms with Crippen LogP contribution in [-0.2, 0) is 5.41 Å². The molecule has 0 aliphatic carbocycles. The maximum Gasteiger partial charge on any atom is 0.345 e. The van der Waals surface area contributed by atoms with Gasteiger partial charge in [0, 0.05) is 33.3 Å². The number of aromatic nitrogens is 1. The molecule has 31 heavy (non-hydrogen) atoms. The average Bonchev–Trinajstić information content (AvgIpc) is 3.38. The average molecular weight is 432 g/mol. The molecule has 6 heteroatoms. The van der Waals surface area contributed by atoms with E-state index in [1.54, 1.807) is 19.4 Å². The van der Waals surface area contributed by atoms with E-state index in [0.717, 1.165) is 32.7 Å². The van der Waals surface area contributed by atoms with Gasteiger partial charge in [-0.1, -0.05) is 20.8 Å². The molecule has 0 saturated carbocycles. The monoisotopic (exact) mass is 431 g/mol. The van der Waals surface area contributed by atoms with Gasteiger partial charge in [-0.15, -0.1) is 11.3 Å². The second-order valence-electron chi connectivity index (χ2n) is 8.50. The number of thiazole rings is 1. The Morgan fingerprint density at radius 1 is 1.03 bits per heavy atom. The summed E-state index contributed by atoms with van der Waals surface area (Å²) in [6, 6.07) is 13.4. The Labute approximate surface area is 182 Å². The molecule has 0 aliphatic heterocycles. The van der Waals surface area contributed by atoms with Crippen molar-refractivity contribution in [2.45, 2.75) is 26.2 Å². The van der Waals surface area contributed by atoms with Gasteiger partial charge in [-0.2, -0.15) is 0 Å². The Morgan fingerprint density at radius 3 is 2.52 bits per heavy atom. The van der Waals surface area contributed by atoms with E-state index >= 15 is 0 Å². The fourth-order valence-corrected chi connectivity index (χ4v) is 4.49. The minimum atomic E-state index is -0.416. The van der Waals surface area contributed by atoms with Gasteiger partial charge < -0.3 is 13.6 Å². The second-order valence-corrected chi connectivity index (χ2v) is 9.36. The number of nitrogens with zero attached hydrogens (tertiary/aromatic N) is 1. The van der Waals surface area contributed by atoms with Gasteiger partial charge in [0.05, 0.1) is 24.6 Å². The molecule has 0 N–H and O–H groups in total. The zero-order chi connectivity index (χ0) is 21.8. The molecule has 0 aliphatic rings. The van der Waals surface area contributed by atoms with Crippen molar-refractivity contribution in [3.8, 4) is 27.6 Å². The quantitative estimate of drug-likeness (QED) is 0.300. The highest BCUT2D eigenvalue weighted by Gasteiger charge is 2.21. The van der Waals surface area contributed by atoms with E-state index in [-0.39, 0.29) is 5.41 Å². The number of hydrogen-bond acceptors (Lipinski definition) is 6. The maximum atomic E-state index is 12.7. The molecule has 0 atom stereocenters. The molecular formula is C25H21NO4S. The summed E-state index contributed by atoms with van der Waals surface area (Å²) in [6.45, 7) is 6.44. The number of hydrogen-bond donors (Lipinski definition) is 0. The predicted molar refractivity (Wildman–Crippen MR) is 124 cm³/mol. The summed E-state index contributed by atoms with van der Waals surface area (Å²) in [4.78, 5) is 17.4. The first kappa shape index (κ1) is 19.6. The topological polar surface area (TPSA) is 65.5 Å².